The number of methoxy groups -OCH3 is 3. The molecule has 2 rings (SSSR count). The number of thiazole rings is 1. The predicted octanol–water partition coefficient (Wildman–Crippen LogP) is 3.21. The first-order valence-electron chi connectivity index (χ1n) is 8.32. The Hall–Kier alpha value is -1.75. The highest BCUT2D eigenvalue weighted by atomic mass is 127. The van der Waals surface area contributed by atoms with Gasteiger partial charge in [0.25, 0.3) is 0 Å². The summed E-state index contributed by atoms with van der Waals surface area (Å²) in [6.07, 6.45) is 2.93. The van der Waals surface area contributed by atoms with Crippen LogP contribution in [0.2, 0.25) is 0 Å². The van der Waals surface area contributed by atoms with Gasteiger partial charge in [-0.3, -0.25) is 4.99 Å². The minimum absolute atomic E-state index is 0. The number of halogens is 1. The number of guanidine groups is 1. The van der Waals surface area contributed by atoms with Crippen LogP contribution in [0.1, 0.15) is 22.4 Å². The van der Waals surface area contributed by atoms with Gasteiger partial charge in [-0.15, -0.1) is 35.3 Å². The number of nitrogens with zero attached hydrogens (tertiary/aromatic N) is 2. The van der Waals surface area contributed by atoms with Gasteiger partial charge in [-0.05, 0) is 18.6 Å². The highest BCUT2D eigenvalue weighted by Gasteiger charge is 2.16. The molecule has 150 valence electrons. The Morgan fingerprint density at radius 1 is 1.07 bits per heavy atom. The van der Waals surface area contributed by atoms with E-state index in [9.17, 15) is 0 Å². The van der Waals surface area contributed by atoms with Crippen LogP contribution in [-0.4, -0.2) is 39.3 Å². The number of benzene rings is 1. The van der Waals surface area contributed by atoms with Crippen molar-refractivity contribution in [3.05, 3.63) is 33.8 Å². The summed E-state index contributed by atoms with van der Waals surface area (Å²) >= 11 is 1.71. The van der Waals surface area contributed by atoms with Gasteiger partial charge in [0, 0.05) is 30.2 Å². The second-order valence-corrected chi connectivity index (χ2v) is 6.55. The van der Waals surface area contributed by atoms with E-state index in [2.05, 4.69) is 27.5 Å². The number of aliphatic imine (C=N–C) groups is 1. The fourth-order valence-corrected chi connectivity index (χ4v) is 3.26. The van der Waals surface area contributed by atoms with Crippen LogP contribution in [0.3, 0.4) is 0 Å². The van der Waals surface area contributed by atoms with Crippen LogP contribution in [0, 0.1) is 0 Å². The van der Waals surface area contributed by atoms with Gasteiger partial charge in [0.2, 0.25) is 5.75 Å². The summed E-state index contributed by atoms with van der Waals surface area (Å²) in [7, 11) is 6.54. The van der Waals surface area contributed by atoms with Crippen molar-refractivity contribution in [1.82, 2.24) is 15.6 Å². The third-order valence-corrected chi connectivity index (χ3v) is 4.95. The van der Waals surface area contributed by atoms with Crippen LogP contribution in [0.4, 0.5) is 0 Å². The fourth-order valence-electron chi connectivity index (χ4n) is 2.45. The monoisotopic (exact) mass is 506 g/mol. The van der Waals surface area contributed by atoms with E-state index in [0.29, 0.717) is 36.3 Å². The van der Waals surface area contributed by atoms with Gasteiger partial charge in [0.1, 0.15) is 5.01 Å². The molecule has 0 aliphatic carbocycles. The minimum atomic E-state index is 0. The van der Waals surface area contributed by atoms with Crippen molar-refractivity contribution in [2.24, 2.45) is 4.99 Å². The van der Waals surface area contributed by atoms with Crippen LogP contribution in [0.25, 0.3) is 0 Å². The van der Waals surface area contributed by atoms with Crippen LogP contribution in [-0.2, 0) is 19.5 Å². The van der Waals surface area contributed by atoms with Crippen LogP contribution >= 0.6 is 35.3 Å². The number of nitrogens with one attached hydrogen (secondary N) is 2. The SMILES string of the molecule is CCc1cnc(CNC(=NC)NCc2ccc(OC)c(OC)c2OC)s1.I. The maximum atomic E-state index is 5.51. The smallest absolute Gasteiger partial charge is 0.203 e. The molecule has 2 N–H and O–H groups in total. The molecular formula is C18H27IN4O3S. The van der Waals surface area contributed by atoms with Gasteiger partial charge >= 0.3 is 0 Å². The summed E-state index contributed by atoms with van der Waals surface area (Å²) in [6.45, 7) is 3.29. The van der Waals surface area contributed by atoms with Gasteiger partial charge < -0.3 is 24.8 Å². The zero-order chi connectivity index (χ0) is 18.9. The molecule has 0 spiro atoms. The molecule has 0 aliphatic heterocycles. The number of rotatable bonds is 8. The van der Waals surface area contributed by atoms with Gasteiger partial charge in [0.05, 0.1) is 27.9 Å². The summed E-state index contributed by atoms with van der Waals surface area (Å²) < 4.78 is 16.2. The lowest BCUT2D eigenvalue weighted by atomic mass is 10.1. The lowest BCUT2D eigenvalue weighted by molar-refractivity contribution is 0.322. The number of hydrogen-bond acceptors (Lipinski definition) is 6. The molecule has 0 aliphatic rings. The summed E-state index contributed by atoms with van der Waals surface area (Å²) in [6, 6.07) is 3.80. The molecule has 0 saturated carbocycles. The van der Waals surface area contributed by atoms with Gasteiger partial charge in [0.15, 0.2) is 17.5 Å². The average molecular weight is 506 g/mol. The molecule has 27 heavy (non-hydrogen) atoms. The molecule has 0 saturated heterocycles. The van der Waals surface area contributed by atoms with Crippen molar-refractivity contribution >= 4 is 41.3 Å². The van der Waals surface area contributed by atoms with E-state index in [1.54, 1.807) is 39.7 Å². The molecule has 1 heterocycles. The quantitative estimate of drug-likeness (QED) is 0.326. The molecule has 0 radical (unpaired) electrons. The Morgan fingerprint density at radius 2 is 1.78 bits per heavy atom. The molecule has 0 amide bonds. The molecule has 1 aromatic carbocycles. The maximum absolute atomic E-state index is 5.51. The highest BCUT2D eigenvalue weighted by Crippen LogP contribution is 2.39. The number of ether oxygens (including phenoxy) is 3. The molecule has 0 unspecified atom stereocenters. The largest absolute Gasteiger partial charge is 0.493 e. The molecular weight excluding hydrogens is 479 g/mol. The van der Waals surface area contributed by atoms with Crippen molar-refractivity contribution < 1.29 is 14.2 Å². The molecule has 2 aromatic rings. The van der Waals surface area contributed by atoms with E-state index in [1.165, 1.54) is 4.88 Å². The van der Waals surface area contributed by atoms with Crippen molar-refractivity contribution in [3.63, 3.8) is 0 Å². The third kappa shape index (κ3) is 6.13. The Labute approximate surface area is 181 Å². The first kappa shape index (κ1) is 23.3. The van der Waals surface area contributed by atoms with E-state index in [1.807, 2.05) is 18.3 Å². The van der Waals surface area contributed by atoms with E-state index in [-0.39, 0.29) is 24.0 Å². The lowest BCUT2D eigenvalue weighted by Gasteiger charge is -2.17. The Bertz CT molecular complexity index is 752. The Kier molecular flexibility index (Phi) is 10.2. The van der Waals surface area contributed by atoms with Gasteiger partial charge in [-0.1, -0.05) is 6.92 Å². The van der Waals surface area contributed by atoms with Crippen molar-refractivity contribution in [2.75, 3.05) is 28.4 Å². The number of aryl methyl sites for hydroxylation is 1. The van der Waals surface area contributed by atoms with Crippen molar-refractivity contribution in [3.8, 4) is 17.2 Å². The zero-order valence-corrected chi connectivity index (χ0v) is 19.4. The van der Waals surface area contributed by atoms with Crippen LogP contribution < -0.4 is 24.8 Å². The number of hydrogen-bond donors (Lipinski definition) is 2. The predicted molar refractivity (Wildman–Crippen MR) is 120 cm³/mol. The first-order valence-corrected chi connectivity index (χ1v) is 9.14. The molecule has 1 aromatic heterocycles. The van der Waals surface area contributed by atoms with Crippen LogP contribution in [0.5, 0.6) is 17.2 Å². The number of aromatic nitrogens is 1. The van der Waals surface area contributed by atoms with Crippen molar-refractivity contribution in [1.29, 1.82) is 0 Å². The Morgan fingerprint density at radius 3 is 2.33 bits per heavy atom. The molecule has 7 nitrogen and oxygen atoms in total. The van der Waals surface area contributed by atoms with E-state index in [0.717, 1.165) is 17.0 Å². The summed E-state index contributed by atoms with van der Waals surface area (Å²) in [4.78, 5) is 9.93. The molecule has 0 atom stereocenters. The van der Waals surface area contributed by atoms with Gasteiger partial charge in [-0.2, -0.15) is 0 Å². The Balaban J connectivity index is 0.00000364. The van der Waals surface area contributed by atoms with E-state index < -0.39 is 0 Å². The van der Waals surface area contributed by atoms with Crippen LogP contribution in [0.15, 0.2) is 23.3 Å². The topological polar surface area (TPSA) is 77.0 Å². The molecule has 9 heteroatoms. The normalized spacial score (nSPS) is 10.8. The van der Waals surface area contributed by atoms with Crippen molar-refractivity contribution in [2.45, 2.75) is 26.4 Å². The lowest BCUT2D eigenvalue weighted by Crippen LogP contribution is -2.36. The van der Waals surface area contributed by atoms with E-state index in [4.69, 9.17) is 14.2 Å². The average Bonchev–Trinajstić information content (AvgIpc) is 3.15. The first-order chi connectivity index (χ1) is 12.7. The molecule has 0 bridgehead atoms. The summed E-state index contributed by atoms with van der Waals surface area (Å²) in [5, 5.41) is 7.59. The zero-order valence-electron chi connectivity index (χ0n) is 16.3. The molecule has 0 fully saturated rings. The summed E-state index contributed by atoms with van der Waals surface area (Å²) in [5.74, 6) is 2.54. The second-order valence-electron chi connectivity index (χ2n) is 5.35. The fraction of sp³-hybridized carbons (Fsp3) is 0.444. The maximum Gasteiger partial charge on any atom is 0.203 e. The standard InChI is InChI=1S/C18H26N4O3S.HI/c1-6-13-10-20-15(26-13)11-22-18(19-2)21-9-12-7-8-14(23-3)17(25-5)16(12)24-4;/h7-8,10H,6,9,11H2,1-5H3,(H2,19,21,22);1H. The minimum Gasteiger partial charge on any atom is -0.493 e. The van der Waals surface area contributed by atoms with Gasteiger partial charge in [-0.25, -0.2) is 4.98 Å². The highest BCUT2D eigenvalue weighted by molar-refractivity contribution is 14.0. The van der Waals surface area contributed by atoms with E-state index >= 15 is 0 Å². The summed E-state index contributed by atoms with van der Waals surface area (Å²) in [5.41, 5.74) is 0.940. The second kappa shape index (κ2) is 11.9. The third-order valence-electron chi connectivity index (χ3n) is 3.81.